The molecule has 0 saturated carbocycles. The number of para-hydroxylation sites is 1. The molecule has 0 radical (unpaired) electrons. The number of carbonyl (C=O) groups is 1. The Morgan fingerprint density at radius 1 is 1.23 bits per heavy atom. The maximum atomic E-state index is 12.5. The summed E-state index contributed by atoms with van der Waals surface area (Å²) < 4.78 is 6.96. The summed E-state index contributed by atoms with van der Waals surface area (Å²) in [6.07, 6.45) is 0.346. The predicted octanol–water partition coefficient (Wildman–Crippen LogP) is 4.90. The molecular weight excluding hydrogens is 344 g/mol. The minimum Gasteiger partial charge on any atom is -0.493 e. The van der Waals surface area contributed by atoms with E-state index in [2.05, 4.69) is 17.1 Å². The second-order valence-corrected chi connectivity index (χ2v) is 7.63. The Kier molecular flexibility index (Phi) is 5.57. The fraction of sp³-hybridized carbons (Fsp3) is 0.333. The quantitative estimate of drug-likeness (QED) is 0.621. The zero-order valence-corrected chi connectivity index (χ0v) is 16.5. The van der Waals surface area contributed by atoms with Crippen molar-refractivity contribution in [3.05, 3.63) is 58.6 Å². The third kappa shape index (κ3) is 4.05. The van der Waals surface area contributed by atoms with Crippen molar-refractivity contribution in [2.24, 2.45) is 0 Å². The number of amides is 1. The SMILES string of the molecule is Cc1ccc(C)c(OCCC(=O)N(C)[C@@H](C)c2nc3ccccc3s2)c1. The first-order valence-electron chi connectivity index (χ1n) is 8.77. The highest BCUT2D eigenvalue weighted by Gasteiger charge is 2.20. The first kappa shape index (κ1) is 18.4. The lowest BCUT2D eigenvalue weighted by Gasteiger charge is -2.23. The van der Waals surface area contributed by atoms with Gasteiger partial charge < -0.3 is 9.64 Å². The molecule has 0 unspecified atom stereocenters. The average Bonchev–Trinajstić information content (AvgIpc) is 3.07. The van der Waals surface area contributed by atoms with Crippen LogP contribution in [0.1, 0.15) is 35.5 Å². The molecule has 5 heteroatoms. The largest absolute Gasteiger partial charge is 0.493 e. The van der Waals surface area contributed by atoms with E-state index in [0.29, 0.717) is 13.0 Å². The third-order valence-corrected chi connectivity index (χ3v) is 5.77. The van der Waals surface area contributed by atoms with Crippen molar-refractivity contribution in [1.82, 2.24) is 9.88 Å². The van der Waals surface area contributed by atoms with Gasteiger partial charge in [0.2, 0.25) is 5.91 Å². The summed E-state index contributed by atoms with van der Waals surface area (Å²) in [7, 11) is 1.83. The molecule has 4 nitrogen and oxygen atoms in total. The number of hydrogen-bond acceptors (Lipinski definition) is 4. The van der Waals surface area contributed by atoms with E-state index >= 15 is 0 Å². The van der Waals surface area contributed by atoms with E-state index < -0.39 is 0 Å². The summed E-state index contributed by atoms with van der Waals surface area (Å²) in [6.45, 7) is 6.43. The van der Waals surface area contributed by atoms with Crippen LogP contribution in [0.25, 0.3) is 10.2 Å². The average molecular weight is 369 g/mol. The minimum atomic E-state index is -0.0550. The second-order valence-electron chi connectivity index (χ2n) is 6.57. The van der Waals surface area contributed by atoms with Crippen molar-refractivity contribution < 1.29 is 9.53 Å². The van der Waals surface area contributed by atoms with Crippen molar-refractivity contribution in [1.29, 1.82) is 0 Å². The van der Waals surface area contributed by atoms with E-state index in [9.17, 15) is 4.79 Å². The molecule has 3 aromatic rings. The molecule has 1 aromatic heterocycles. The molecule has 1 atom stereocenters. The van der Waals surface area contributed by atoms with Crippen LogP contribution in [0.3, 0.4) is 0 Å². The Balaban J connectivity index is 1.59. The van der Waals surface area contributed by atoms with Gasteiger partial charge in [-0.05, 0) is 50.1 Å². The lowest BCUT2D eigenvalue weighted by Crippen LogP contribution is -2.30. The number of aryl methyl sites for hydroxylation is 2. The van der Waals surface area contributed by atoms with E-state index in [1.165, 1.54) is 0 Å². The highest BCUT2D eigenvalue weighted by molar-refractivity contribution is 7.18. The first-order chi connectivity index (χ1) is 12.5. The Bertz CT molecular complexity index is 886. The monoisotopic (exact) mass is 368 g/mol. The number of benzene rings is 2. The number of carbonyl (C=O) groups excluding carboxylic acids is 1. The molecule has 0 aliphatic heterocycles. The number of nitrogens with zero attached hydrogens (tertiary/aromatic N) is 2. The van der Waals surface area contributed by atoms with Gasteiger partial charge in [-0.2, -0.15) is 0 Å². The van der Waals surface area contributed by atoms with Crippen LogP contribution in [0.4, 0.5) is 0 Å². The standard InChI is InChI=1S/C21H24N2O2S/c1-14-9-10-15(2)18(13-14)25-12-11-20(24)23(4)16(3)21-22-17-7-5-6-8-19(17)26-21/h5-10,13,16H,11-12H2,1-4H3/t16-/m0/s1. The highest BCUT2D eigenvalue weighted by Crippen LogP contribution is 2.29. The van der Waals surface area contributed by atoms with Gasteiger partial charge in [0.15, 0.2) is 0 Å². The van der Waals surface area contributed by atoms with Crippen LogP contribution in [-0.2, 0) is 4.79 Å². The maximum absolute atomic E-state index is 12.5. The number of ether oxygens (including phenoxy) is 1. The molecule has 0 saturated heterocycles. The van der Waals surface area contributed by atoms with Gasteiger partial charge in [0.05, 0.1) is 29.3 Å². The molecular formula is C21H24N2O2S. The summed E-state index contributed by atoms with van der Waals surface area (Å²) in [5, 5.41) is 0.956. The summed E-state index contributed by atoms with van der Waals surface area (Å²) in [6, 6.07) is 14.1. The van der Waals surface area contributed by atoms with E-state index in [0.717, 1.165) is 32.1 Å². The third-order valence-electron chi connectivity index (χ3n) is 4.56. The topological polar surface area (TPSA) is 42.4 Å². The number of rotatable bonds is 6. The van der Waals surface area contributed by atoms with Crippen molar-refractivity contribution >= 4 is 27.5 Å². The Morgan fingerprint density at radius 3 is 2.77 bits per heavy atom. The molecule has 3 rings (SSSR count). The Labute approximate surface area is 158 Å². The van der Waals surface area contributed by atoms with Gasteiger partial charge in [-0.3, -0.25) is 4.79 Å². The zero-order valence-electron chi connectivity index (χ0n) is 15.7. The summed E-state index contributed by atoms with van der Waals surface area (Å²) in [5.74, 6) is 0.904. The molecule has 1 heterocycles. The van der Waals surface area contributed by atoms with Crippen LogP contribution in [-0.4, -0.2) is 29.4 Å². The van der Waals surface area contributed by atoms with Gasteiger partial charge >= 0.3 is 0 Å². The van der Waals surface area contributed by atoms with Crippen molar-refractivity contribution in [2.75, 3.05) is 13.7 Å². The first-order valence-corrected chi connectivity index (χ1v) is 9.58. The van der Waals surface area contributed by atoms with Crippen LogP contribution < -0.4 is 4.74 Å². The normalized spacial score (nSPS) is 12.2. The molecule has 136 valence electrons. The fourth-order valence-corrected chi connectivity index (χ4v) is 3.80. The second kappa shape index (κ2) is 7.87. The molecule has 0 spiro atoms. The lowest BCUT2D eigenvalue weighted by molar-refractivity contribution is -0.132. The Morgan fingerprint density at radius 2 is 2.00 bits per heavy atom. The smallest absolute Gasteiger partial charge is 0.226 e. The van der Waals surface area contributed by atoms with Gasteiger partial charge in [0.1, 0.15) is 10.8 Å². The van der Waals surface area contributed by atoms with Crippen molar-refractivity contribution in [3.8, 4) is 5.75 Å². The molecule has 2 aromatic carbocycles. The van der Waals surface area contributed by atoms with Crippen LogP contribution >= 0.6 is 11.3 Å². The number of thiazole rings is 1. The molecule has 0 bridgehead atoms. The molecule has 0 fully saturated rings. The van der Waals surface area contributed by atoms with E-state index in [1.807, 2.05) is 58.2 Å². The van der Waals surface area contributed by atoms with Crippen molar-refractivity contribution in [2.45, 2.75) is 33.2 Å². The van der Waals surface area contributed by atoms with E-state index in [-0.39, 0.29) is 11.9 Å². The van der Waals surface area contributed by atoms with Crippen LogP contribution in [0.2, 0.25) is 0 Å². The van der Waals surface area contributed by atoms with Crippen LogP contribution in [0.5, 0.6) is 5.75 Å². The summed E-state index contributed by atoms with van der Waals surface area (Å²) in [5.41, 5.74) is 3.22. The lowest BCUT2D eigenvalue weighted by atomic mass is 10.1. The molecule has 0 aliphatic carbocycles. The van der Waals surface area contributed by atoms with Gasteiger partial charge in [0, 0.05) is 7.05 Å². The number of fused-ring (bicyclic) bond motifs is 1. The molecule has 0 N–H and O–H groups in total. The number of aromatic nitrogens is 1. The maximum Gasteiger partial charge on any atom is 0.226 e. The highest BCUT2D eigenvalue weighted by atomic mass is 32.1. The fourth-order valence-electron chi connectivity index (χ4n) is 2.74. The molecule has 26 heavy (non-hydrogen) atoms. The van der Waals surface area contributed by atoms with Crippen molar-refractivity contribution in [3.63, 3.8) is 0 Å². The van der Waals surface area contributed by atoms with Gasteiger partial charge in [0.25, 0.3) is 0 Å². The van der Waals surface area contributed by atoms with Gasteiger partial charge in [-0.25, -0.2) is 4.98 Å². The molecule has 0 aliphatic rings. The number of hydrogen-bond donors (Lipinski definition) is 0. The predicted molar refractivity (Wildman–Crippen MR) is 107 cm³/mol. The van der Waals surface area contributed by atoms with Gasteiger partial charge in [-0.15, -0.1) is 11.3 Å². The van der Waals surface area contributed by atoms with Crippen LogP contribution in [0.15, 0.2) is 42.5 Å². The zero-order chi connectivity index (χ0) is 18.7. The van der Waals surface area contributed by atoms with E-state index in [4.69, 9.17) is 4.74 Å². The minimum absolute atomic E-state index is 0.0550. The summed E-state index contributed by atoms with van der Waals surface area (Å²) >= 11 is 1.64. The van der Waals surface area contributed by atoms with Gasteiger partial charge in [-0.1, -0.05) is 24.3 Å². The summed E-state index contributed by atoms with van der Waals surface area (Å²) in [4.78, 5) is 19.0. The Hall–Kier alpha value is -2.40. The molecule has 1 amide bonds. The van der Waals surface area contributed by atoms with Crippen LogP contribution in [0, 0.1) is 13.8 Å². The van der Waals surface area contributed by atoms with E-state index in [1.54, 1.807) is 16.2 Å².